The fraction of sp³-hybridized carbons (Fsp3) is 0.667. The summed E-state index contributed by atoms with van der Waals surface area (Å²) in [5.74, 6) is 0.374. The lowest BCUT2D eigenvalue weighted by Gasteiger charge is -2.37. The molecular weight excluding hydrogens is 270 g/mol. The molecule has 2 aliphatic rings. The third kappa shape index (κ3) is 3.12. The van der Waals surface area contributed by atoms with Crippen molar-refractivity contribution in [3.63, 3.8) is 0 Å². The van der Waals surface area contributed by atoms with Crippen LogP contribution in [0.2, 0.25) is 0 Å². The summed E-state index contributed by atoms with van der Waals surface area (Å²) in [5, 5.41) is 0. The number of carbonyl (C=O) groups is 1. The second-order valence-corrected chi connectivity index (χ2v) is 6.00. The lowest BCUT2D eigenvalue weighted by Crippen LogP contribution is -2.52. The van der Waals surface area contributed by atoms with Crippen molar-refractivity contribution in [3.05, 3.63) is 24.2 Å². The zero-order valence-electron chi connectivity index (χ0n) is 12.7. The molecule has 21 heavy (non-hydrogen) atoms. The molecule has 0 saturated carbocycles. The Morgan fingerprint density at radius 2 is 2.29 bits per heavy atom. The van der Waals surface area contributed by atoms with E-state index in [1.54, 1.807) is 12.1 Å². The Morgan fingerprint density at radius 3 is 3.00 bits per heavy atom. The van der Waals surface area contributed by atoms with Gasteiger partial charge in [-0.3, -0.25) is 9.69 Å². The molecule has 2 atom stereocenters. The molecule has 116 valence electrons. The van der Waals surface area contributed by atoms with Gasteiger partial charge in [-0.1, -0.05) is 0 Å². The van der Waals surface area contributed by atoms with Gasteiger partial charge in [-0.05, 0) is 26.2 Å². The highest BCUT2D eigenvalue weighted by atomic mass is 16.5. The molecule has 1 amide bonds. The van der Waals surface area contributed by atoms with Gasteiger partial charge in [0.1, 0.15) is 0 Å². The summed E-state index contributed by atoms with van der Waals surface area (Å²) in [6, 6.07) is 3.77. The van der Waals surface area contributed by atoms with E-state index in [0.29, 0.717) is 18.3 Å². The van der Waals surface area contributed by atoms with E-state index < -0.39 is 0 Å². The van der Waals surface area contributed by atoms with Crippen LogP contribution >= 0.6 is 0 Å². The first kappa shape index (κ1) is 14.6. The topological polar surface area (TPSA) is 49.2 Å². The minimum atomic E-state index is -0.0365. The molecule has 0 aliphatic carbocycles. The van der Waals surface area contributed by atoms with Crippen LogP contribution in [0.5, 0.6) is 0 Å². The average molecular weight is 293 g/mol. The average Bonchev–Trinajstić information content (AvgIpc) is 3.13. The fourth-order valence-corrected chi connectivity index (χ4v) is 3.09. The van der Waals surface area contributed by atoms with Gasteiger partial charge in [0.2, 0.25) is 0 Å². The van der Waals surface area contributed by atoms with Crippen LogP contribution in [-0.4, -0.2) is 86.2 Å². The summed E-state index contributed by atoms with van der Waals surface area (Å²) < 4.78 is 11.1. The van der Waals surface area contributed by atoms with Crippen LogP contribution in [0, 0.1) is 0 Å². The number of fused-ring (bicyclic) bond motifs is 1. The number of morpholine rings is 1. The minimum absolute atomic E-state index is 0.0365. The molecular formula is C15H23N3O3. The maximum absolute atomic E-state index is 12.4. The van der Waals surface area contributed by atoms with Gasteiger partial charge in [0.25, 0.3) is 5.91 Å². The van der Waals surface area contributed by atoms with Gasteiger partial charge < -0.3 is 19.0 Å². The molecule has 0 N–H and O–H groups in total. The van der Waals surface area contributed by atoms with E-state index in [1.807, 2.05) is 4.90 Å². The van der Waals surface area contributed by atoms with E-state index in [0.717, 1.165) is 32.8 Å². The molecule has 0 unspecified atom stereocenters. The van der Waals surface area contributed by atoms with Gasteiger partial charge in [0.05, 0.1) is 25.0 Å². The normalized spacial score (nSPS) is 26.3. The number of hydrogen-bond acceptors (Lipinski definition) is 5. The summed E-state index contributed by atoms with van der Waals surface area (Å²) in [7, 11) is 4.17. The predicted octanol–water partition coefficient (Wildman–Crippen LogP) is 0.366. The maximum atomic E-state index is 12.4. The predicted molar refractivity (Wildman–Crippen MR) is 78.3 cm³/mol. The zero-order chi connectivity index (χ0) is 14.8. The number of hydrogen-bond donors (Lipinski definition) is 0. The molecule has 6 nitrogen and oxygen atoms in total. The van der Waals surface area contributed by atoms with E-state index in [-0.39, 0.29) is 12.0 Å². The van der Waals surface area contributed by atoms with Crippen LogP contribution in [0.4, 0.5) is 0 Å². The summed E-state index contributed by atoms with van der Waals surface area (Å²) in [4.78, 5) is 18.9. The van der Waals surface area contributed by atoms with Crippen molar-refractivity contribution in [3.8, 4) is 0 Å². The largest absolute Gasteiger partial charge is 0.459 e. The molecule has 0 aromatic carbocycles. The van der Waals surface area contributed by atoms with Crippen LogP contribution < -0.4 is 0 Å². The highest BCUT2D eigenvalue weighted by Gasteiger charge is 2.42. The summed E-state index contributed by atoms with van der Waals surface area (Å²) in [5.41, 5.74) is 0. The number of likely N-dealkylation sites (N-methyl/N-ethyl adjacent to an activating group) is 1. The lowest BCUT2D eigenvalue weighted by molar-refractivity contribution is -0.0482. The van der Waals surface area contributed by atoms with Gasteiger partial charge in [-0.25, -0.2) is 0 Å². The number of likely N-dealkylation sites (tertiary alicyclic amines) is 1. The monoisotopic (exact) mass is 293 g/mol. The summed E-state index contributed by atoms with van der Waals surface area (Å²) in [6.45, 7) is 5.10. The Morgan fingerprint density at radius 1 is 1.43 bits per heavy atom. The number of furan rings is 1. The van der Waals surface area contributed by atoms with Crippen molar-refractivity contribution in [1.29, 1.82) is 0 Å². The molecule has 2 aliphatic heterocycles. The molecule has 3 rings (SSSR count). The Hall–Kier alpha value is -1.37. The van der Waals surface area contributed by atoms with Gasteiger partial charge in [0.15, 0.2) is 5.76 Å². The van der Waals surface area contributed by atoms with Gasteiger partial charge >= 0.3 is 0 Å². The van der Waals surface area contributed by atoms with Crippen molar-refractivity contribution in [1.82, 2.24) is 14.7 Å². The molecule has 6 heteroatoms. The van der Waals surface area contributed by atoms with Crippen LogP contribution in [0.3, 0.4) is 0 Å². The first-order chi connectivity index (χ1) is 10.1. The van der Waals surface area contributed by atoms with Crippen LogP contribution in [0.15, 0.2) is 22.8 Å². The maximum Gasteiger partial charge on any atom is 0.289 e. The van der Waals surface area contributed by atoms with Crippen LogP contribution in [0.1, 0.15) is 10.6 Å². The molecule has 2 fully saturated rings. The molecule has 0 spiro atoms. The van der Waals surface area contributed by atoms with Crippen LogP contribution in [0.25, 0.3) is 0 Å². The minimum Gasteiger partial charge on any atom is -0.459 e. The number of carbonyl (C=O) groups excluding carboxylic acids is 1. The van der Waals surface area contributed by atoms with E-state index in [2.05, 4.69) is 23.9 Å². The standard InChI is InChI=1S/C15H23N3O3/c1-16(2)5-6-17-7-9-21-14-11-18(10-12(14)17)15(19)13-4-3-8-20-13/h3-4,8,12,14H,5-7,9-11H2,1-2H3/t12-,14+/m0/s1. The first-order valence-corrected chi connectivity index (χ1v) is 7.48. The van der Waals surface area contributed by atoms with Gasteiger partial charge in [-0.15, -0.1) is 0 Å². The Bertz CT molecular complexity index is 475. The van der Waals surface area contributed by atoms with E-state index in [9.17, 15) is 4.79 Å². The Balaban J connectivity index is 1.64. The number of ether oxygens (including phenoxy) is 1. The lowest BCUT2D eigenvalue weighted by atomic mass is 10.1. The third-order valence-corrected chi connectivity index (χ3v) is 4.27. The molecule has 3 heterocycles. The highest BCUT2D eigenvalue weighted by molar-refractivity contribution is 5.91. The van der Waals surface area contributed by atoms with Crippen molar-refractivity contribution in [2.24, 2.45) is 0 Å². The van der Waals surface area contributed by atoms with E-state index in [4.69, 9.17) is 9.15 Å². The van der Waals surface area contributed by atoms with Gasteiger partial charge in [-0.2, -0.15) is 0 Å². The van der Waals surface area contributed by atoms with Crippen molar-refractivity contribution < 1.29 is 13.9 Å². The first-order valence-electron chi connectivity index (χ1n) is 7.48. The fourth-order valence-electron chi connectivity index (χ4n) is 3.09. The smallest absolute Gasteiger partial charge is 0.289 e. The van der Waals surface area contributed by atoms with Crippen LogP contribution in [-0.2, 0) is 4.74 Å². The highest BCUT2D eigenvalue weighted by Crippen LogP contribution is 2.24. The van der Waals surface area contributed by atoms with Gasteiger partial charge in [0, 0.05) is 32.7 Å². The number of amides is 1. The molecule has 1 aromatic rings. The molecule has 0 bridgehead atoms. The molecule has 0 radical (unpaired) electrons. The quantitative estimate of drug-likeness (QED) is 0.802. The van der Waals surface area contributed by atoms with E-state index in [1.165, 1.54) is 6.26 Å². The van der Waals surface area contributed by atoms with E-state index >= 15 is 0 Å². The summed E-state index contributed by atoms with van der Waals surface area (Å²) >= 11 is 0. The molecule has 1 aromatic heterocycles. The number of rotatable bonds is 4. The van der Waals surface area contributed by atoms with Crippen molar-refractivity contribution in [2.45, 2.75) is 12.1 Å². The Labute approximate surface area is 125 Å². The number of nitrogens with zero attached hydrogens (tertiary/aromatic N) is 3. The summed E-state index contributed by atoms with van der Waals surface area (Å²) in [6.07, 6.45) is 1.66. The van der Waals surface area contributed by atoms with Crippen molar-refractivity contribution >= 4 is 5.91 Å². The van der Waals surface area contributed by atoms with Crippen molar-refractivity contribution in [2.75, 3.05) is 53.4 Å². The second kappa shape index (κ2) is 6.17. The Kier molecular flexibility index (Phi) is 4.28. The third-order valence-electron chi connectivity index (χ3n) is 4.27. The SMILES string of the molecule is CN(C)CCN1CCO[C@@H]2CN(C(=O)c3ccco3)C[C@@H]21. The zero-order valence-corrected chi connectivity index (χ0v) is 12.7. The molecule has 2 saturated heterocycles. The second-order valence-electron chi connectivity index (χ2n) is 6.00.